The van der Waals surface area contributed by atoms with Crippen LogP contribution in [0.4, 0.5) is 4.39 Å². The maximum absolute atomic E-state index is 14.0. The van der Waals surface area contributed by atoms with Crippen LogP contribution in [-0.2, 0) is 16.6 Å². The van der Waals surface area contributed by atoms with Crippen LogP contribution in [0, 0.1) is 5.82 Å². The number of hydrogen-bond acceptors (Lipinski definition) is 7. The molecule has 3 heterocycles. The summed E-state index contributed by atoms with van der Waals surface area (Å²) in [6.45, 7) is 8.38. The standard InChI is InChI=1S/C27H34FN5O6S/c1-6-31-15-17(2)33-23-18(3)30(4)40(36,37)13-9-7-8-12-39-21-14-20(28)11-10-19(21)16-32(29)26(34)22(23)25(38-5)24(33)27(31)35/h7-8,10-11,14,17H,3,6,9,12-13,15-16,29H2,1-2,4-5H3/b8-7-/t17-/m0/s1. The second-order valence-corrected chi connectivity index (χ2v) is 11.8. The second-order valence-electron chi connectivity index (χ2n) is 9.65. The van der Waals surface area contributed by atoms with Gasteiger partial charge in [-0.05, 0) is 26.3 Å². The average molecular weight is 576 g/mol. The third-order valence-electron chi connectivity index (χ3n) is 7.12. The van der Waals surface area contributed by atoms with Gasteiger partial charge in [-0.1, -0.05) is 24.8 Å². The van der Waals surface area contributed by atoms with Crippen LogP contribution >= 0.6 is 0 Å². The Bertz CT molecular complexity index is 1480. The van der Waals surface area contributed by atoms with Crippen LogP contribution in [0.3, 0.4) is 0 Å². The van der Waals surface area contributed by atoms with E-state index in [1.165, 1.54) is 32.4 Å². The third kappa shape index (κ3) is 5.18. The summed E-state index contributed by atoms with van der Waals surface area (Å²) in [7, 11) is -1.21. The fraction of sp³-hybridized carbons (Fsp3) is 0.407. The zero-order valence-electron chi connectivity index (χ0n) is 23.0. The van der Waals surface area contributed by atoms with Gasteiger partial charge in [0.1, 0.15) is 23.7 Å². The first-order valence-electron chi connectivity index (χ1n) is 12.8. The summed E-state index contributed by atoms with van der Waals surface area (Å²) < 4.78 is 54.5. The first-order chi connectivity index (χ1) is 18.9. The Morgan fingerprint density at radius 2 is 1.93 bits per heavy atom. The molecule has 2 aliphatic rings. The van der Waals surface area contributed by atoms with Gasteiger partial charge < -0.3 is 18.9 Å². The maximum atomic E-state index is 14.0. The molecule has 40 heavy (non-hydrogen) atoms. The number of carbonyl (C=O) groups excluding carboxylic acids is 2. The number of methoxy groups -OCH3 is 1. The number of rotatable bonds is 2. The predicted octanol–water partition coefficient (Wildman–Crippen LogP) is 2.76. The number of allylic oxidation sites excluding steroid dienone is 1. The van der Waals surface area contributed by atoms with Crippen molar-refractivity contribution in [3.8, 4) is 11.5 Å². The van der Waals surface area contributed by atoms with E-state index >= 15 is 0 Å². The van der Waals surface area contributed by atoms with E-state index < -0.39 is 21.7 Å². The zero-order chi connectivity index (χ0) is 29.4. The Labute approximate surface area is 233 Å². The van der Waals surface area contributed by atoms with Crippen LogP contribution < -0.4 is 15.3 Å². The number of fused-ring (bicyclic) bond motifs is 4. The van der Waals surface area contributed by atoms with Gasteiger partial charge in [0.15, 0.2) is 11.4 Å². The number of hydrazine groups is 1. The minimum atomic E-state index is -3.89. The van der Waals surface area contributed by atoms with E-state index in [0.29, 0.717) is 18.7 Å². The van der Waals surface area contributed by atoms with E-state index in [-0.39, 0.29) is 71.4 Å². The highest BCUT2D eigenvalue weighted by Gasteiger charge is 2.41. The zero-order valence-corrected chi connectivity index (χ0v) is 23.8. The smallest absolute Gasteiger partial charge is 0.274 e. The summed E-state index contributed by atoms with van der Waals surface area (Å²) in [6.07, 6.45) is 3.47. The summed E-state index contributed by atoms with van der Waals surface area (Å²) in [5, 5.41) is 0.893. The second kappa shape index (κ2) is 11.3. The molecule has 0 fully saturated rings. The highest BCUT2D eigenvalue weighted by Crippen LogP contribution is 2.41. The van der Waals surface area contributed by atoms with Gasteiger partial charge in [-0.2, -0.15) is 0 Å². The molecule has 0 saturated heterocycles. The number of amides is 2. The fourth-order valence-electron chi connectivity index (χ4n) is 4.98. The van der Waals surface area contributed by atoms with E-state index in [4.69, 9.17) is 15.3 Å². The van der Waals surface area contributed by atoms with Crippen molar-refractivity contribution in [3.63, 3.8) is 0 Å². The Morgan fingerprint density at radius 1 is 1.20 bits per heavy atom. The number of halogens is 1. The summed E-state index contributed by atoms with van der Waals surface area (Å²) in [5.41, 5.74) is 0.568. The summed E-state index contributed by atoms with van der Waals surface area (Å²) in [6, 6.07) is 3.55. The van der Waals surface area contributed by atoms with Crippen molar-refractivity contribution in [2.75, 3.05) is 39.6 Å². The van der Waals surface area contributed by atoms with Crippen LogP contribution in [-0.4, -0.2) is 78.6 Å². The number of likely N-dealkylation sites (N-methyl/N-ethyl adjacent to an activating group) is 1. The SMILES string of the molecule is C=C1c2c(c(OC)c3n2[C@@H](C)CN(CC)C3=O)C(=O)N(N)Cc2ccc(F)cc2OC/C=C\CCS(=O)(=O)N1C. The lowest BCUT2D eigenvalue weighted by atomic mass is 10.1. The lowest BCUT2D eigenvalue weighted by Crippen LogP contribution is -2.42. The molecule has 0 radical (unpaired) electrons. The molecule has 1 aromatic heterocycles. The first-order valence-corrected chi connectivity index (χ1v) is 14.4. The molecule has 2 amide bonds. The molecule has 2 aromatic rings. The van der Waals surface area contributed by atoms with Gasteiger partial charge in [0.25, 0.3) is 11.8 Å². The number of nitrogens with two attached hydrogens (primary N) is 1. The number of aromatic nitrogens is 1. The van der Waals surface area contributed by atoms with Crippen molar-refractivity contribution in [1.82, 2.24) is 18.8 Å². The number of sulfonamides is 1. The van der Waals surface area contributed by atoms with Crippen molar-refractivity contribution >= 4 is 27.5 Å². The quantitative estimate of drug-likeness (QED) is 0.331. The molecule has 0 aliphatic carbocycles. The lowest BCUT2D eigenvalue weighted by molar-refractivity contribution is 0.0681. The fourth-order valence-corrected chi connectivity index (χ4v) is 6.11. The molecule has 0 bridgehead atoms. The van der Waals surface area contributed by atoms with Crippen molar-refractivity contribution in [2.24, 2.45) is 5.84 Å². The summed E-state index contributed by atoms with van der Waals surface area (Å²) >= 11 is 0. The van der Waals surface area contributed by atoms with Gasteiger partial charge in [-0.15, -0.1) is 0 Å². The molecule has 13 heteroatoms. The van der Waals surface area contributed by atoms with E-state index in [9.17, 15) is 22.4 Å². The number of ether oxygens (including phenoxy) is 2. The van der Waals surface area contributed by atoms with Crippen molar-refractivity contribution in [3.05, 3.63) is 65.3 Å². The highest BCUT2D eigenvalue weighted by atomic mass is 32.2. The lowest BCUT2D eigenvalue weighted by Gasteiger charge is -2.34. The topological polar surface area (TPSA) is 127 Å². The first kappa shape index (κ1) is 29.2. The van der Waals surface area contributed by atoms with Crippen molar-refractivity contribution in [2.45, 2.75) is 32.9 Å². The molecule has 4 rings (SSSR count). The Morgan fingerprint density at radius 3 is 2.60 bits per heavy atom. The minimum absolute atomic E-state index is 0.00669. The van der Waals surface area contributed by atoms with Gasteiger partial charge in [0.05, 0.1) is 30.8 Å². The largest absolute Gasteiger partial charge is 0.493 e. The van der Waals surface area contributed by atoms with Crippen molar-refractivity contribution in [1.29, 1.82) is 0 Å². The monoisotopic (exact) mass is 575 g/mol. The van der Waals surface area contributed by atoms with E-state index in [1.807, 2.05) is 13.8 Å². The highest BCUT2D eigenvalue weighted by molar-refractivity contribution is 7.89. The number of carbonyl (C=O) groups is 2. The molecule has 2 N–H and O–H groups in total. The summed E-state index contributed by atoms with van der Waals surface area (Å²) in [5.74, 6) is 4.54. The summed E-state index contributed by atoms with van der Waals surface area (Å²) in [4.78, 5) is 29.2. The van der Waals surface area contributed by atoms with Crippen molar-refractivity contribution < 1.29 is 31.9 Å². The van der Waals surface area contributed by atoms with Gasteiger partial charge in [-0.3, -0.25) is 18.9 Å². The van der Waals surface area contributed by atoms with Crippen LogP contribution in [0.25, 0.3) is 5.70 Å². The normalized spacial score (nSPS) is 20.9. The van der Waals surface area contributed by atoms with Gasteiger partial charge in [-0.25, -0.2) is 18.7 Å². The van der Waals surface area contributed by atoms with E-state index in [1.54, 1.807) is 21.6 Å². The Kier molecular flexibility index (Phi) is 8.26. The number of nitrogens with zero attached hydrogens (tertiary/aromatic N) is 4. The Hall–Kier alpha value is -3.84. The molecular weight excluding hydrogens is 541 g/mol. The van der Waals surface area contributed by atoms with Crippen LogP contribution in [0.2, 0.25) is 0 Å². The van der Waals surface area contributed by atoms with Crippen LogP contribution in [0.15, 0.2) is 36.9 Å². The molecular formula is C27H34FN5O6S. The Balaban J connectivity index is 1.96. The van der Waals surface area contributed by atoms with Gasteiger partial charge >= 0.3 is 0 Å². The van der Waals surface area contributed by atoms with E-state index in [2.05, 4.69) is 6.58 Å². The van der Waals surface area contributed by atoms with Gasteiger partial charge in [0, 0.05) is 37.8 Å². The minimum Gasteiger partial charge on any atom is -0.493 e. The molecule has 0 spiro atoms. The molecule has 1 atom stereocenters. The molecule has 216 valence electrons. The molecule has 2 aliphatic heterocycles. The molecule has 0 saturated carbocycles. The molecule has 0 unspecified atom stereocenters. The average Bonchev–Trinajstić information content (AvgIpc) is 3.28. The number of hydrogen-bond donors (Lipinski definition) is 1. The maximum Gasteiger partial charge on any atom is 0.274 e. The number of benzene rings is 1. The van der Waals surface area contributed by atoms with E-state index in [0.717, 1.165) is 9.31 Å². The predicted molar refractivity (Wildman–Crippen MR) is 148 cm³/mol. The van der Waals surface area contributed by atoms with Gasteiger partial charge in [0.2, 0.25) is 10.0 Å². The molecule has 1 aromatic carbocycles. The molecule has 11 nitrogen and oxygen atoms in total. The third-order valence-corrected chi connectivity index (χ3v) is 8.93. The van der Waals surface area contributed by atoms with Crippen LogP contribution in [0.5, 0.6) is 11.5 Å². The van der Waals surface area contributed by atoms with Crippen LogP contribution in [0.1, 0.15) is 58.4 Å².